The fourth-order valence-corrected chi connectivity index (χ4v) is 2.37. The van der Waals surface area contributed by atoms with E-state index in [1.165, 1.54) is 0 Å². The van der Waals surface area contributed by atoms with E-state index in [1.54, 1.807) is 12.1 Å². The molecule has 0 saturated carbocycles. The Morgan fingerprint density at radius 2 is 2.00 bits per heavy atom. The molecule has 0 aliphatic carbocycles. The highest BCUT2D eigenvalue weighted by Gasteiger charge is 2.19. The smallest absolute Gasteiger partial charge is 0.251 e. The molecule has 1 rings (SSSR count). The Hall–Kier alpha value is -1.75. The van der Waals surface area contributed by atoms with E-state index in [4.69, 9.17) is 5.73 Å². The number of rotatable bonds is 7. The Bertz CT molecular complexity index is 483. The molecule has 0 bridgehead atoms. The summed E-state index contributed by atoms with van der Waals surface area (Å²) in [5.41, 5.74) is 8.22. The van der Waals surface area contributed by atoms with E-state index < -0.39 is 0 Å². The Morgan fingerprint density at radius 3 is 2.52 bits per heavy atom. The molecule has 21 heavy (non-hydrogen) atoms. The van der Waals surface area contributed by atoms with Gasteiger partial charge in [0.1, 0.15) is 0 Å². The van der Waals surface area contributed by atoms with Crippen molar-refractivity contribution >= 4 is 17.3 Å². The number of hydrogen-bond acceptors (Lipinski definition) is 4. The van der Waals surface area contributed by atoms with Crippen molar-refractivity contribution in [3.8, 4) is 0 Å². The first kappa shape index (κ1) is 17.3. The van der Waals surface area contributed by atoms with Gasteiger partial charge in [0.05, 0.1) is 11.4 Å². The maximum Gasteiger partial charge on any atom is 0.251 e. The van der Waals surface area contributed by atoms with Crippen LogP contribution in [0.25, 0.3) is 0 Å². The normalized spacial score (nSPS) is 11.5. The van der Waals surface area contributed by atoms with Crippen LogP contribution in [0.2, 0.25) is 0 Å². The molecule has 1 aromatic rings. The largest absolute Gasteiger partial charge is 0.397 e. The monoisotopic (exact) mass is 292 g/mol. The number of benzene rings is 1. The zero-order chi connectivity index (χ0) is 16.0. The molecule has 0 saturated heterocycles. The van der Waals surface area contributed by atoms with Crippen molar-refractivity contribution in [2.45, 2.75) is 20.8 Å². The number of nitrogens with one attached hydrogen (secondary N) is 2. The molecular weight excluding hydrogens is 264 g/mol. The van der Waals surface area contributed by atoms with Crippen molar-refractivity contribution in [3.63, 3.8) is 0 Å². The van der Waals surface area contributed by atoms with Gasteiger partial charge >= 0.3 is 0 Å². The van der Waals surface area contributed by atoms with Gasteiger partial charge < -0.3 is 21.3 Å². The van der Waals surface area contributed by atoms with Crippen molar-refractivity contribution in [1.82, 2.24) is 10.2 Å². The molecule has 0 heterocycles. The lowest BCUT2D eigenvalue weighted by Gasteiger charge is -2.29. The minimum atomic E-state index is -0.0938. The Morgan fingerprint density at radius 1 is 1.33 bits per heavy atom. The van der Waals surface area contributed by atoms with E-state index in [0.717, 1.165) is 18.8 Å². The second-order valence-electron chi connectivity index (χ2n) is 6.42. The van der Waals surface area contributed by atoms with Crippen molar-refractivity contribution in [2.24, 2.45) is 5.41 Å². The van der Waals surface area contributed by atoms with Crippen LogP contribution in [0.5, 0.6) is 0 Å². The van der Waals surface area contributed by atoms with Gasteiger partial charge in [0.25, 0.3) is 5.91 Å². The molecule has 0 radical (unpaired) electrons. The summed E-state index contributed by atoms with van der Waals surface area (Å²) in [5, 5.41) is 6.14. The number of carbonyl (C=O) groups is 1. The lowest BCUT2D eigenvalue weighted by Crippen LogP contribution is -2.34. The van der Waals surface area contributed by atoms with E-state index in [9.17, 15) is 4.79 Å². The lowest BCUT2D eigenvalue weighted by molar-refractivity contribution is 0.0956. The molecule has 0 aliphatic heterocycles. The molecule has 118 valence electrons. The molecular formula is C16H28N4O. The minimum Gasteiger partial charge on any atom is -0.397 e. The van der Waals surface area contributed by atoms with Gasteiger partial charge in [-0.3, -0.25) is 4.79 Å². The lowest BCUT2D eigenvalue weighted by atomic mass is 9.93. The number of amides is 1. The Balaban J connectivity index is 2.71. The number of nitrogen functional groups attached to an aromatic ring is 1. The number of nitrogens with two attached hydrogens (primary N) is 1. The summed E-state index contributed by atoms with van der Waals surface area (Å²) in [7, 11) is 4.13. The molecule has 0 spiro atoms. The first-order valence-electron chi connectivity index (χ1n) is 7.31. The summed E-state index contributed by atoms with van der Waals surface area (Å²) < 4.78 is 0. The number of hydrogen-bond donors (Lipinski definition) is 3. The highest BCUT2D eigenvalue weighted by Crippen LogP contribution is 2.23. The summed E-state index contributed by atoms with van der Waals surface area (Å²) in [5.74, 6) is -0.0938. The zero-order valence-electron chi connectivity index (χ0n) is 13.8. The summed E-state index contributed by atoms with van der Waals surface area (Å²) >= 11 is 0. The van der Waals surface area contributed by atoms with Crippen LogP contribution in [0, 0.1) is 5.41 Å². The molecule has 0 unspecified atom stereocenters. The summed E-state index contributed by atoms with van der Waals surface area (Å²) in [6, 6.07) is 5.38. The van der Waals surface area contributed by atoms with Crippen LogP contribution in [0.15, 0.2) is 18.2 Å². The van der Waals surface area contributed by atoms with Gasteiger partial charge in [-0.2, -0.15) is 0 Å². The summed E-state index contributed by atoms with van der Waals surface area (Å²) in [6.45, 7) is 8.72. The molecule has 1 amide bonds. The van der Waals surface area contributed by atoms with Gasteiger partial charge in [0, 0.05) is 25.2 Å². The SMILES string of the molecule is CCNC(=O)c1ccc(NCC(C)(C)CN(C)C)c(N)c1. The van der Waals surface area contributed by atoms with Gasteiger partial charge in [-0.25, -0.2) is 0 Å². The second-order valence-corrected chi connectivity index (χ2v) is 6.42. The molecule has 0 atom stereocenters. The van der Waals surface area contributed by atoms with Crippen LogP contribution in [0.4, 0.5) is 11.4 Å². The van der Waals surface area contributed by atoms with Crippen LogP contribution in [0.3, 0.4) is 0 Å². The second kappa shape index (κ2) is 7.31. The first-order chi connectivity index (χ1) is 9.75. The minimum absolute atomic E-state index is 0.0938. The molecule has 0 fully saturated rings. The number of carbonyl (C=O) groups excluding carboxylic acids is 1. The predicted molar refractivity (Wildman–Crippen MR) is 89.7 cm³/mol. The van der Waals surface area contributed by atoms with Crippen LogP contribution in [-0.4, -0.2) is 44.5 Å². The van der Waals surface area contributed by atoms with Gasteiger partial charge in [-0.05, 0) is 44.6 Å². The number of nitrogens with zero attached hydrogens (tertiary/aromatic N) is 1. The van der Waals surface area contributed by atoms with Crippen molar-refractivity contribution in [3.05, 3.63) is 23.8 Å². The van der Waals surface area contributed by atoms with Crippen molar-refractivity contribution < 1.29 is 4.79 Å². The summed E-state index contributed by atoms with van der Waals surface area (Å²) in [6.07, 6.45) is 0. The molecule has 1 aromatic carbocycles. The Kier molecular flexibility index (Phi) is 6.03. The maximum absolute atomic E-state index is 11.8. The molecule has 0 aromatic heterocycles. The zero-order valence-corrected chi connectivity index (χ0v) is 13.8. The average molecular weight is 292 g/mol. The van der Waals surface area contributed by atoms with Crippen molar-refractivity contribution in [1.29, 1.82) is 0 Å². The summed E-state index contributed by atoms with van der Waals surface area (Å²) in [4.78, 5) is 13.9. The average Bonchev–Trinajstić information content (AvgIpc) is 2.36. The third kappa shape index (κ3) is 5.63. The fourth-order valence-electron chi connectivity index (χ4n) is 2.37. The van der Waals surface area contributed by atoms with E-state index in [-0.39, 0.29) is 11.3 Å². The van der Waals surface area contributed by atoms with Crippen LogP contribution in [0.1, 0.15) is 31.1 Å². The maximum atomic E-state index is 11.8. The molecule has 4 N–H and O–H groups in total. The van der Waals surface area contributed by atoms with Gasteiger partial charge in [-0.1, -0.05) is 13.8 Å². The van der Waals surface area contributed by atoms with E-state index in [0.29, 0.717) is 17.8 Å². The van der Waals surface area contributed by atoms with Crippen LogP contribution in [-0.2, 0) is 0 Å². The standard InChI is InChI=1S/C16H28N4O/c1-6-18-15(21)12-7-8-14(13(17)9-12)19-10-16(2,3)11-20(4)5/h7-9,19H,6,10-11,17H2,1-5H3,(H,18,21). The topological polar surface area (TPSA) is 70.4 Å². The van der Waals surface area contributed by atoms with Crippen LogP contribution >= 0.6 is 0 Å². The van der Waals surface area contributed by atoms with E-state index in [2.05, 4.69) is 43.5 Å². The third-order valence-corrected chi connectivity index (χ3v) is 3.15. The molecule has 5 heteroatoms. The van der Waals surface area contributed by atoms with E-state index >= 15 is 0 Å². The van der Waals surface area contributed by atoms with E-state index in [1.807, 2.05) is 13.0 Å². The quantitative estimate of drug-likeness (QED) is 0.672. The van der Waals surface area contributed by atoms with Crippen LogP contribution < -0.4 is 16.4 Å². The highest BCUT2D eigenvalue weighted by atomic mass is 16.1. The number of anilines is 2. The van der Waals surface area contributed by atoms with Gasteiger partial charge in [0.2, 0.25) is 0 Å². The Labute approximate surface area is 127 Å². The predicted octanol–water partition coefficient (Wildman–Crippen LogP) is 2.02. The third-order valence-electron chi connectivity index (χ3n) is 3.15. The molecule has 0 aliphatic rings. The van der Waals surface area contributed by atoms with Crippen molar-refractivity contribution in [2.75, 3.05) is 44.8 Å². The van der Waals surface area contributed by atoms with Gasteiger partial charge in [-0.15, -0.1) is 0 Å². The van der Waals surface area contributed by atoms with Gasteiger partial charge in [0.15, 0.2) is 0 Å². The first-order valence-corrected chi connectivity index (χ1v) is 7.31. The highest BCUT2D eigenvalue weighted by molar-refractivity contribution is 5.96. The molecule has 5 nitrogen and oxygen atoms in total. The fraction of sp³-hybridized carbons (Fsp3) is 0.562.